The second kappa shape index (κ2) is 2.53. The van der Waals surface area contributed by atoms with E-state index < -0.39 is 0 Å². The van der Waals surface area contributed by atoms with Crippen molar-refractivity contribution in [2.45, 2.75) is 12.8 Å². The zero-order chi connectivity index (χ0) is 7.68. The standard InChI is InChI=1S/C9H11NO/c11-9-8-4-2-1-3-7(8)5-6-10-9/h1-2,5-8H,3-4H2,(H,10,11)/t7-,8+/m1/s1. The molecular formula is C9H11NO. The van der Waals surface area contributed by atoms with E-state index in [2.05, 4.69) is 23.5 Å². The summed E-state index contributed by atoms with van der Waals surface area (Å²) < 4.78 is 0. The largest absolute Gasteiger partial charge is 0.333 e. The summed E-state index contributed by atoms with van der Waals surface area (Å²) in [4.78, 5) is 11.2. The SMILES string of the molecule is O=C1NC=C[C@H]2CC=CC[C@H]12. The maximum Gasteiger partial charge on any atom is 0.227 e. The average Bonchev–Trinajstić information content (AvgIpc) is 2.06. The number of carbonyl (C=O) groups is 1. The molecule has 2 heteroatoms. The Bertz CT molecular complexity index is 230. The fraction of sp³-hybridized carbons (Fsp3) is 0.444. The first-order chi connectivity index (χ1) is 5.38. The van der Waals surface area contributed by atoms with Crippen molar-refractivity contribution in [2.75, 3.05) is 0 Å². The zero-order valence-electron chi connectivity index (χ0n) is 6.29. The molecule has 0 bridgehead atoms. The Morgan fingerprint density at radius 2 is 2.18 bits per heavy atom. The van der Waals surface area contributed by atoms with Crippen molar-refractivity contribution in [1.82, 2.24) is 5.32 Å². The average molecular weight is 149 g/mol. The summed E-state index contributed by atoms with van der Waals surface area (Å²) in [6, 6.07) is 0. The molecule has 2 aliphatic rings. The quantitative estimate of drug-likeness (QED) is 0.515. The van der Waals surface area contributed by atoms with Gasteiger partial charge in [0.2, 0.25) is 5.91 Å². The summed E-state index contributed by atoms with van der Waals surface area (Å²) in [7, 11) is 0. The van der Waals surface area contributed by atoms with Gasteiger partial charge in [-0.1, -0.05) is 18.2 Å². The molecule has 0 aromatic carbocycles. The molecule has 0 aromatic heterocycles. The molecule has 1 amide bonds. The van der Waals surface area contributed by atoms with Gasteiger partial charge in [0.25, 0.3) is 0 Å². The van der Waals surface area contributed by atoms with Crippen LogP contribution < -0.4 is 5.32 Å². The van der Waals surface area contributed by atoms with Crippen LogP contribution in [0.2, 0.25) is 0 Å². The fourth-order valence-corrected chi connectivity index (χ4v) is 1.71. The number of hydrogen-bond donors (Lipinski definition) is 1. The molecule has 2 atom stereocenters. The van der Waals surface area contributed by atoms with Gasteiger partial charge >= 0.3 is 0 Å². The summed E-state index contributed by atoms with van der Waals surface area (Å²) in [6.45, 7) is 0. The molecule has 1 aliphatic heterocycles. The first-order valence-electron chi connectivity index (χ1n) is 4.00. The molecule has 11 heavy (non-hydrogen) atoms. The molecule has 1 heterocycles. The molecule has 0 radical (unpaired) electrons. The first kappa shape index (κ1) is 6.65. The minimum absolute atomic E-state index is 0.182. The van der Waals surface area contributed by atoms with Gasteiger partial charge in [-0.2, -0.15) is 0 Å². The van der Waals surface area contributed by atoms with E-state index in [1.165, 1.54) is 0 Å². The van der Waals surface area contributed by atoms with Crippen LogP contribution in [0.5, 0.6) is 0 Å². The molecular weight excluding hydrogens is 138 g/mol. The van der Waals surface area contributed by atoms with Crippen molar-refractivity contribution in [3.63, 3.8) is 0 Å². The van der Waals surface area contributed by atoms with Crippen molar-refractivity contribution < 1.29 is 4.79 Å². The Hall–Kier alpha value is -1.05. The minimum atomic E-state index is 0.182. The van der Waals surface area contributed by atoms with E-state index in [-0.39, 0.29) is 11.8 Å². The predicted octanol–water partition coefficient (Wildman–Crippen LogP) is 1.21. The lowest BCUT2D eigenvalue weighted by molar-refractivity contribution is -0.125. The van der Waals surface area contributed by atoms with Crippen molar-refractivity contribution in [1.29, 1.82) is 0 Å². The van der Waals surface area contributed by atoms with Crippen LogP contribution in [-0.4, -0.2) is 5.91 Å². The molecule has 0 saturated carbocycles. The van der Waals surface area contributed by atoms with Gasteiger partial charge in [-0.05, 0) is 18.8 Å². The molecule has 0 aromatic rings. The molecule has 0 unspecified atom stereocenters. The van der Waals surface area contributed by atoms with Gasteiger partial charge in [0.05, 0.1) is 0 Å². The van der Waals surface area contributed by atoms with Gasteiger partial charge in [-0.15, -0.1) is 0 Å². The van der Waals surface area contributed by atoms with Gasteiger partial charge in [-0.25, -0.2) is 0 Å². The highest BCUT2D eigenvalue weighted by Gasteiger charge is 2.28. The lowest BCUT2D eigenvalue weighted by Crippen LogP contribution is -2.35. The minimum Gasteiger partial charge on any atom is -0.333 e. The second-order valence-electron chi connectivity index (χ2n) is 3.08. The van der Waals surface area contributed by atoms with Crippen LogP contribution in [0.3, 0.4) is 0 Å². The maximum absolute atomic E-state index is 11.2. The molecule has 1 aliphatic carbocycles. The van der Waals surface area contributed by atoms with E-state index in [9.17, 15) is 4.79 Å². The van der Waals surface area contributed by atoms with Crippen LogP contribution in [0, 0.1) is 11.8 Å². The Labute approximate surface area is 66.0 Å². The lowest BCUT2D eigenvalue weighted by atomic mass is 9.81. The van der Waals surface area contributed by atoms with Crippen LogP contribution in [0.1, 0.15) is 12.8 Å². The lowest BCUT2D eigenvalue weighted by Gasteiger charge is -2.27. The van der Waals surface area contributed by atoms with E-state index in [4.69, 9.17) is 0 Å². The summed E-state index contributed by atoms with van der Waals surface area (Å²) in [5.41, 5.74) is 0. The number of allylic oxidation sites excluding steroid dienone is 3. The summed E-state index contributed by atoms with van der Waals surface area (Å²) in [5.74, 6) is 0.834. The van der Waals surface area contributed by atoms with E-state index >= 15 is 0 Å². The second-order valence-corrected chi connectivity index (χ2v) is 3.08. The number of nitrogens with one attached hydrogen (secondary N) is 1. The van der Waals surface area contributed by atoms with Crippen LogP contribution in [0.15, 0.2) is 24.4 Å². The molecule has 2 nitrogen and oxygen atoms in total. The van der Waals surface area contributed by atoms with E-state index in [1.54, 1.807) is 6.20 Å². The van der Waals surface area contributed by atoms with Crippen LogP contribution in [0.25, 0.3) is 0 Å². The highest BCUT2D eigenvalue weighted by molar-refractivity contribution is 5.81. The normalized spacial score (nSPS) is 34.7. The Balaban J connectivity index is 2.23. The Morgan fingerprint density at radius 1 is 1.36 bits per heavy atom. The predicted molar refractivity (Wildman–Crippen MR) is 42.6 cm³/mol. The van der Waals surface area contributed by atoms with E-state index in [0.717, 1.165) is 12.8 Å². The zero-order valence-corrected chi connectivity index (χ0v) is 6.29. The van der Waals surface area contributed by atoms with E-state index in [1.807, 2.05) is 0 Å². The van der Waals surface area contributed by atoms with Crippen molar-refractivity contribution >= 4 is 5.91 Å². The molecule has 0 spiro atoms. The third kappa shape index (κ3) is 1.09. The number of fused-ring (bicyclic) bond motifs is 1. The number of rotatable bonds is 0. The summed E-state index contributed by atoms with van der Waals surface area (Å²) in [5, 5.41) is 2.73. The molecule has 1 N–H and O–H groups in total. The molecule has 58 valence electrons. The third-order valence-corrected chi connectivity index (χ3v) is 2.39. The molecule has 0 fully saturated rings. The third-order valence-electron chi connectivity index (χ3n) is 2.39. The van der Waals surface area contributed by atoms with Gasteiger partial charge in [0.15, 0.2) is 0 Å². The molecule has 0 saturated heterocycles. The van der Waals surface area contributed by atoms with Gasteiger partial charge in [0.1, 0.15) is 0 Å². The van der Waals surface area contributed by atoms with Crippen LogP contribution >= 0.6 is 0 Å². The highest BCUT2D eigenvalue weighted by atomic mass is 16.1. The number of carbonyl (C=O) groups excluding carboxylic acids is 1. The Kier molecular flexibility index (Phi) is 1.53. The highest BCUT2D eigenvalue weighted by Crippen LogP contribution is 2.28. The monoisotopic (exact) mass is 149 g/mol. The Morgan fingerprint density at radius 3 is 3.00 bits per heavy atom. The van der Waals surface area contributed by atoms with E-state index in [0.29, 0.717) is 5.92 Å². The maximum atomic E-state index is 11.2. The summed E-state index contributed by atoms with van der Waals surface area (Å²) in [6.07, 6.45) is 10.0. The van der Waals surface area contributed by atoms with Crippen molar-refractivity contribution in [2.24, 2.45) is 11.8 Å². The van der Waals surface area contributed by atoms with Gasteiger partial charge < -0.3 is 5.32 Å². The topological polar surface area (TPSA) is 29.1 Å². The van der Waals surface area contributed by atoms with Crippen molar-refractivity contribution in [3.8, 4) is 0 Å². The van der Waals surface area contributed by atoms with Crippen LogP contribution in [-0.2, 0) is 4.79 Å². The first-order valence-corrected chi connectivity index (χ1v) is 4.00. The summed E-state index contributed by atoms with van der Waals surface area (Å²) >= 11 is 0. The fourth-order valence-electron chi connectivity index (χ4n) is 1.71. The number of amides is 1. The van der Waals surface area contributed by atoms with Crippen LogP contribution in [0.4, 0.5) is 0 Å². The number of hydrogen-bond acceptors (Lipinski definition) is 1. The van der Waals surface area contributed by atoms with Gasteiger partial charge in [0, 0.05) is 12.1 Å². The molecule has 2 rings (SSSR count). The smallest absolute Gasteiger partial charge is 0.227 e. The van der Waals surface area contributed by atoms with Crippen molar-refractivity contribution in [3.05, 3.63) is 24.4 Å². The van der Waals surface area contributed by atoms with Gasteiger partial charge in [-0.3, -0.25) is 4.79 Å².